The summed E-state index contributed by atoms with van der Waals surface area (Å²) in [5.41, 5.74) is 1.17. The molecule has 0 atom stereocenters. The minimum absolute atomic E-state index is 0.216. The summed E-state index contributed by atoms with van der Waals surface area (Å²) in [6.07, 6.45) is 0. The van der Waals surface area contributed by atoms with E-state index in [-0.39, 0.29) is 6.61 Å². The number of esters is 2. The number of benzene rings is 2. The Labute approximate surface area is 136 Å². The van der Waals surface area contributed by atoms with E-state index in [9.17, 15) is 9.59 Å². The molecule has 0 saturated heterocycles. The van der Waals surface area contributed by atoms with Crippen molar-refractivity contribution < 1.29 is 19.1 Å². The van der Waals surface area contributed by atoms with Gasteiger partial charge in [-0.3, -0.25) is 0 Å². The molecule has 2 aromatic carbocycles. The van der Waals surface area contributed by atoms with E-state index in [1.165, 1.54) is 0 Å². The predicted octanol–water partition coefficient (Wildman–Crippen LogP) is 4.00. The van der Waals surface area contributed by atoms with E-state index in [0.717, 1.165) is 5.56 Å². The summed E-state index contributed by atoms with van der Waals surface area (Å²) in [6, 6.07) is 15.7. The van der Waals surface area contributed by atoms with Crippen LogP contribution in [0.15, 0.2) is 54.6 Å². The number of carbonyl (C=O) groups excluding carboxylic acids is 2. The highest BCUT2D eigenvalue weighted by Crippen LogP contribution is 2.13. The number of hydrogen-bond acceptors (Lipinski definition) is 4. The van der Waals surface area contributed by atoms with Crippen molar-refractivity contribution in [2.24, 2.45) is 0 Å². The molecule has 4 heteroatoms. The third-order valence-electron chi connectivity index (χ3n) is 2.97. The molecule has 0 bridgehead atoms. The second kappa shape index (κ2) is 7.09. The Morgan fingerprint density at radius 3 is 1.87 bits per heavy atom. The van der Waals surface area contributed by atoms with Gasteiger partial charge >= 0.3 is 11.9 Å². The van der Waals surface area contributed by atoms with Gasteiger partial charge in [-0.1, -0.05) is 30.3 Å². The average Bonchev–Trinajstić information content (AvgIpc) is 2.52. The summed E-state index contributed by atoms with van der Waals surface area (Å²) in [6.45, 7) is 5.63. The zero-order chi connectivity index (χ0) is 16.9. The quantitative estimate of drug-likeness (QED) is 0.801. The molecule has 0 N–H and O–H groups in total. The van der Waals surface area contributed by atoms with Crippen molar-refractivity contribution in [2.75, 3.05) is 0 Å². The first kappa shape index (κ1) is 16.7. The van der Waals surface area contributed by atoms with Crippen molar-refractivity contribution >= 4 is 11.9 Å². The van der Waals surface area contributed by atoms with Gasteiger partial charge in [0.05, 0.1) is 11.1 Å². The van der Waals surface area contributed by atoms with Gasteiger partial charge in [0, 0.05) is 0 Å². The lowest BCUT2D eigenvalue weighted by Crippen LogP contribution is -2.23. The van der Waals surface area contributed by atoms with Crippen molar-refractivity contribution in [3.05, 3.63) is 71.3 Å². The second-order valence-electron chi connectivity index (χ2n) is 6.14. The molecule has 2 aromatic rings. The van der Waals surface area contributed by atoms with Gasteiger partial charge in [-0.2, -0.15) is 0 Å². The van der Waals surface area contributed by atoms with Crippen LogP contribution in [0.4, 0.5) is 0 Å². The van der Waals surface area contributed by atoms with Crippen LogP contribution in [0.25, 0.3) is 0 Å². The van der Waals surface area contributed by atoms with Gasteiger partial charge in [-0.25, -0.2) is 9.59 Å². The maximum absolute atomic E-state index is 12.0. The molecule has 0 aliphatic rings. The standard InChI is InChI=1S/C19H20O4/c1-19(2,3)23-18(21)16-11-9-15(10-12-16)17(20)22-13-14-7-5-4-6-8-14/h4-12H,13H2,1-3H3. The summed E-state index contributed by atoms with van der Waals surface area (Å²) >= 11 is 0. The number of rotatable bonds is 4. The smallest absolute Gasteiger partial charge is 0.338 e. The van der Waals surface area contributed by atoms with Crippen LogP contribution in [-0.2, 0) is 16.1 Å². The van der Waals surface area contributed by atoms with Gasteiger partial charge in [-0.15, -0.1) is 0 Å². The van der Waals surface area contributed by atoms with E-state index in [4.69, 9.17) is 9.47 Å². The van der Waals surface area contributed by atoms with Gasteiger partial charge in [0.1, 0.15) is 12.2 Å². The summed E-state index contributed by atoms with van der Waals surface area (Å²) in [5, 5.41) is 0. The fourth-order valence-electron chi connectivity index (χ4n) is 1.89. The first-order chi connectivity index (χ1) is 10.8. The summed E-state index contributed by atoms with van der Waals surface area (Å²) in [7, 11) is 0. The Kier molecular flexibility index (Phi) is 5.16. The minimum Gasteiger partial charge on any atom is -0.457 e. The second-order valence-corrected chi connectivity index (χ2v) is 6.14. The Hall–Kier alpha value is -2.62. The molecule has 4 nitrogen and oxygen atoms in total. The van der Waals surface area contributed by atoms with Crippen LogP contribution >= 0.6 is 0 Å². The van der Waals surface area contributed by atoms with Crippen molar-refractivity contribution in [1.29, 1.82) is 0 Å². The monoisotopic (exact) mass is 312 g/mol. The van der Waals surface area contributed by atoms with E-state index >= 15 is 0 Å². The summed E-state index contributed by atoms with van der Waals surface area (Å²) in [4.78, 5) is 23.9. The third kappa shape index (κ3) is 5.25. The molecule has 0 radical (unpaired) electrons. The maximum atomic E-state index is 12.0. The highest BCUT2D eigenvalue weighted by Gasteiger charge is 2.18. The van der Waals surface area contributed by atoms with E-state index in [1.807, 2.05) is 30.3 Å². The van der Waals surface area contributed by atoms with E-state index in [1.54, 1.807) is 45.0 Å². The van der Waals surface area contributed by atoms with Crippen LogP contribution < -0.4 is 0 Å². The first-order valence-corrected chi connectivity index (χ1v) is 7.39. The lowest BCUT2D eigenvalue weighted by atomic mass is 10.1. The van der Waals surface area contributed by atoms with Gasteiger partial charge in [0.25, 0.3) is 0 Å². The lowest BCUT2D eigenvalue weighted by molar-refractivity contribution is 0.00689. The molecule has 0 amide bonds. The lowest BCUT2D eigenvalue weighted by Gasteiger charge is -2.19. The van der Waals surface area contributed by atoms with Gasteiger partial charge < -0.3 is 9.47 Å². The van der Waals surface area contributed by atoms with Crippen LogP contribution in [0.5, 0.6) is 0 Å². The maximum Gasteiger partial charge on any atom is 0.338 e. The van der Waals surface area contributed by atoms with Crippen LogP contribution in [0.3, 0.4) is 0 Å². The molecule has 0 heterocycles. The summed E-state index contributed by atoms with van der Waals surface area (Å²) < 4.78 is 10.5. The van der Waals surface area contributed by atoms with Gasteiger partial charge in [0.2, 0.25) is 0 Å². The normalized spacial score (nSPS) is 10.9. The topological polar surface area (TPSA) is 52.6 Å². The molecule has 0 unspecified atom stereocenters. The minimum atomic E-state index is -0.551. The molecule has 23 heavy (non-hydrogen) atoms. The molecule has 0 aliphatic heterocycles. The zero-order valence-electron chi connectivity index (χ0n) is 13.5. The Morgan fingerprint density at radius 2 is 1.35 bits per heavy atom. The molecule has 0 saturated carbocycles. The van der Waals surface area contributed by atoms with Crippen LogP contribution in [0, 0.1) is 0 Å². The SMILES string of the molecule is CC(C)(C)OC(=O)c1ccc(C(=O)OCc2ccccc2)cc1. The number of hydrogen-bond donors (Lipinski definition) is 0. The molecule has 2 rings (SSSR count). The number of ether oxygens (including phenoxy) is 2. The Bertz CT molecular complexity index is 667. The van der Waals surface area contributed by atoms with Crippen LogP contribution in [0.1, 0.15) is 47.1 Å². The molecule has 120 valence electrons. The van der Waals surface area contributed by atoms with Crippen molar-refractivity contribution in [3.63, 3.8) is 0 Å². The molecular formula is C19H20O4. The van der Waals surface area contributed by atoms with E-state index in [2.05, 4.69) is 0 Å². The zero-order valence-corrected chi connectivity index (χ0v) is 13.5. The van der Waals surface area contributed by atoms with Gasteiger partial charge in [-0.05, 0) is 50.6 Å². The third-order valence-corrected chi connectivity index (χ3v) is 2.97. The molecule has 0 spiro atoms. The Balaban J connectivity index is 1.96. The summed E-state index contributed by atoms with van der Waals surface area (Å²) in [5.74, 6) is -0.841. The largest absolute Gasteiger partial charge is 0.457 e. The molecule has 0 fully saturated rings. The highest BCUT2D eigenvalue weighted by molar-refractivity contribution is 5.93. The fourth-order valence-corrected chi connectivity index (χ4v) is 1.89. The van der Waals surface area contributed by atoms with Crippen LogP contribution in [0.2, 0.25) is 0 Å². The average molecular weight is 312 g/mol. The van der Waals surface area contributed by atoms with Gasteiger partial charge in [0.15, 0.2) is 0 Å². The predicted molar refractivity (Wildman–Crippen MR) is 87.2 cm³/mol. The van der Waals surface area contributed by atoms with E-state index in [0.29, 0.717) is 11.1 Å². The molecule has 0 aromatic heterocycles. The number of carbonyl (C=O) groups is 2. The molecule has 0 aliphatic carbocycles. The van der Waals surface area contributed by atoms with E-state index < -0.39 is 17.5 Å². The highest BCUT2D eigenvalue weighted by atomic mass is 16.6. The van der Waals surface area contributed by atoms with Crippen molar-refractivity contribution in [1.82, 2.24) is 0 Å². The molecular weight excluding hydrogens is 292 g/mol. The van der Waals surface area contributed by atoms with Crippen molar-refractivity contribution in [2.45, 2.75) is 33.0 Å². The van der Waals surface area contributed by atoms with Crippen LogP contribution in [-0.4, -0.2) is 17.5 Å². The first-order valence-electron chi connectivity index (χ1n) is 7.39. The Morgan fingerprint density at radius 1 is 0.826 bits per heavy atom. The fraction of sp³-hybridized carbons (Fsp3) is 0.263. The van der Waals surface area contributed by atoms with Crippen molar-refractivity contribution in [3.8, 4) is 0 Å².